The van der Waals surface area contributed by atoms with Crippen LogP contribution in [-0.4, -0.2) is 5.11 Å². The third kappa shape index (κ3) is 1.45. The fourth-order valence-electron chi connectivity index (χ4n) is 1.90. The maximum absolute atomic E-state index is 9.28. The third-order valence-electron chi connectivity index (χ3n) is 2.58. The lowest BCUT2D eigenvalue weighted by molar-refractivity contribution is 0.474. The molecular formula is C11H14O. The first-order valence-electron chi connectivity index (χ1n) is 4.67. The number of phenolic OH excluding ortho intramolecular Hbond substituents is 1. The van der Waals surface area contributed by atoms with Gasteiger partial charge in [-0.15, -0.1) is 0 Å². The lowest BCUT2D eigenvalue weighted by atomic mass is 10.0. The van der Waals surface area contributed by atoms with Crippen molar-refractivity contribution in [1.29, 1.82) is 0 Å². The van der Waals surface area contributed by atoms with E-state index >= 15 is 0 Å². The molecule has 1 N–H and O–H groups in total. The summed E-state index contributed by atoms with van der Waals surface area (Å²) in [5, 5.41) is 9.28. The van der Waals surface area contributed by atoms with Gasteiger partial charge in [-0.25, -0.2) is 0 Å². The van der Waals surface area contributed by atoms with Gasteiger partial charge in [-0.2, -0.15) is 0 Å². The van der Waals surface area contributed by atoms with Crippen molar-refractivity contribution < 1.29 is 5.11 Å². The monoisotopic (exact) mass is 162 g/mol. The van der Waals surface area contributed by atoms with Gasteiger partial charge in [-0.05, 0) is 48.9 Å². The van der Waals surface area contributed by atoms with Gasteiger partial charge < -0.3 is 5.11 Å². The van der Waals surface area contributed by atoms with E-state index in [9.17, 15) is 5.11 Å². The van der Waals surface area contributed by atoms with Gasteiger partial charge in [-0.3, -0.25) is 0 Å². The highest BCUT2D eigenvalue weighted by Gasteiger charge is 2.07. The van der Waals surface area contributed by atoms with E-state index in [2.05, 4.69) is 6.07 Å². The van der Waals surface area contributed by atoms with E-state index in [1.54, 1.807) is 6.07 Å². The highest BCUT2D eigenvalue weighted by Crippen LogP contribution is 2.23. The van der Waals surface area contributed by atoms with Gasteiger partial charge in [0.15, 0.2) is 0 Å². The molecule has 0 unspecified atom stereocenters. The average molecular weight is 162 g/mol. The van der Waals surface area contributed by atoms with Crippen LogP contribution in [0.2, 0.25) is 0 Å². The quantitative estimate of drug-likeness (QED) is 0.581. The second kappa shape index (κ2) is 3.18. The van der Waals surface area contributed by atoms with E-state index in [1.807, 2.05) is 6.07 Å². The van der Waals surface area contributed by atoms with Crippen molar-refractivity contribution >= 4 is 0 Å². The standard InChI is InChI=1S/C11H14O/c12-11-7-6-9-4-2-1-3-5-10(9)8-11/h6-8,12H,1-5H2. The Balaban J connectivity index is 2.36. The Labute approximate surface area is 73.0 Å². The molecule has 1 aromatic rings. The molecule has 64 valence electrons. The highest BCUT2D eigenvalue weighted by atomic mass is 16.3. The molecule has 0 fully saturated rings. The number of rotatable bonds is 0. The molecule has 1 nitrogen and oxygen atoms in total. The second-order valence-corrected chi connectivity index (χ2v) is 3.51. The zero-order valence-corrected chi connectivity index (χ0v) is 7.21. The summed E-state index contributed by atoms with van der Waals surface area (Å²) in [4.78, 5) is 0. The van der Waals surface area contributed by atoms with E-state index < -0.39 is 0 Å². The molecule has 0 saturated carbocycles. The fourth-order valence-corrected chi connectivity index (χ4v) is 1.90. The number of hydrogen-bond donors (Lipinski definition) is 1. The Hall–Kier alpha value is -0.980. The van der Waals surface area contributed by atoms with E-state index in [0.29, 0.717) is 5.75 Å². The van der Waals surface area contributed by atoms with Crippen LogP contribution in [0.15, 0.2) is 18.2 Å². The summed E-state index contributed by atoms with van der Waals surface area (Å²) >= 11 is 0. The number of phenols is 1. The largest absolute Gasteiger partial charge is 0.508 e. The number of benzene rings is 1. The van der Waals surface area contributed by atoms with Gasteiger partial charge in [-0.1, -0.05) is 12.5 Å². The molecule has 2 rings (SSSR count). The van der Waals surface area contributed by atoms with Crippen LogP contribution in [0.25, 0.3) is 0 Å². The summed E-state index contributed by atoms with van der Waals surface area (Å²) in [5.41, 5.74) is 2.79. The molecule has 0 saturated heterocycles. The molecule has 0 heterocycles. The molecular weight excluding hydrogens is 148 g/mol. The maximum atomic E-state index is 9.28. The van der Waals surface area contributed by atoms with Crippen molar-refractivity contribution in [3.8, 4) is 5.75 Å². The van der Waals surface area contributed by atoms with Gasteiger partial charge >= 0.3 is 0 Å². The van der Waals surface area contributed by atoms with E-state index in [4.69, 9.17) is 0 Å². The number of fused-ring (bicyclic) bond motifs is 1. The molecule has 1 aromatic carbocycles. The lowest BCUT2D eigenvalue weighted by Crippen LogP contribution is -1.89. The smallest absolute Gasteiger partial charge is 0.115 e. The minimum absolute atomic E-state index is 0.413. The van der Waals surface area contributed by atoms with Crippen LogP contribution < -0.4 is 0 Å². The van der Waals surface area contributed by atoms with Gasteiger partial charge in [0.25, 0.3) is 0 Å². The SMILES string of the molecule is Oc1ccc2c(c1)CCCCC2. The molecule has 0 atom stereocenters. The van der Waals surface area contributed by atoms with Gasteiger partial charge in [0, 0.05) is 0 Å². The zero-order valence-electron chi connectivity index (χ0n) is 7.21. The van der Waals surface area contributed by atoms with Crippen molar-refractivity contribution in [2.45, 2.75) is 32.1 Å². The molecule has 12 heavy (non-hydrogen) atoms. The number of aromatic hydroxyl groups is 1. The van der Waals surface area contributed by atoms with Crippen molar-refractivity contribution in [3.63, 3.8) is 0 Å². The number of hydrogen-bond acceptors (Lipinski definition) is 1. The van der Waals surface area contributed by atoms with Crippen LogP contribution in [0.4, 0.5) is 0 Å². The maximum Gasteiger partial charge on any atom is 0.115 e. The van der Waals surface area contributed by atoms with E-state index in [1.165, 1.54) is 36.8 Å². The van der Waals surface area contributed by atoms with Crippen LogP contribution in [0.5, 0.6) is 5.75 Å². The van der Waals surface area contributed by atoms with Gasteiger partial charge in [0.2, 0.25) is 0 Å². The Bertz CT molecular complexity index is 278. The molecule has 1 aliphatic carbocycles. The van der Waals surface area contributed by atoms with Crippen LogP contribution in [-0.2, 0) is 12.8 Å². The predicted molar refractivity (Wildman–Crippen MR) is 49.4 cm³/mol. The molecule has 1 heteroatoms. The summed E-state index contributed by atoms with van der Waals surface area (Å²) in [6.07, 6.45) is 6.24. The first-order valence-corrected chi connectivity index (χ1v) is 4.67. The van der Waals surface area contributed by atoms with Gasteiger partial charge in [0.1, 0.15) is 5.75 Å². The topological polar surface area (TPSA) is 20.2 Å². The summed E-state index contributed by atoms with van der Waals surface area (Å²) in [6.45, 7) is 0. The molecule has 0 bridgehead atoms. The molecule has 0 aliphatic heterocycles. The van der Waals surface area contributed by atoms with Crippen molar-refractivity contribution in [2.75, 3.05) is 0 Å². The summed E-state index contributed by atoms with van der Waals surface area (Å²) < 4.78 is 0. The first kappa shape index (κ1) is 7.66. The van der Waals surface area contributed by atoms with Crippen molar-refractivity contribution in [2.24, 2.45) is 0 Å². The van der Waals surface area contributed by atoms with Crippen LogP contribution in [0.3, 0.4) is 0 Å². The first-order chi connectivity index (χ1) is 5.86. The van der Waals surface area contributed by atoms with Crippen molar-refractivity contribution in [1.82, 2.24) is 0 Å². The van der Waals surface area contributed by atoms with E-state index in [0.717, 1.165) is 6.42 Å². The number of aryl methyl sites for hydroxylation is 2. The Morgan fingerprint density at radius 1 is 0.917 bits per heavy atom. The van der Waals surface area contributed by atoms with Crippen LogP contribution in [0, 0.1) is 0 Å². The summed E-state index contributed by atoms with van der Waals surface area (Å²) in [5.74, 6) is 0.413. The molecule has 0 spiro atoms. The Kier molecular flexibility index (Phi) is 2.03. The molecule has 0 amide bonds. The van der Waals surface area contributed by atoms with Gasteiger partial charge in [0.05, 0.1) is 0 Å². The summed E-state index contributed by atoms with van der Waals surface area (Å²) in [6, 6.07) is 5.78. The normalized spacial score (nSPS) is 16.7. The minimum atomic E-state index is 0.413. The second-order valence-electron chi connectivity index (χ2n) is 3.51. The lowest BCUT2D eigenvalue weighted by Gasteiger charge is -2.04. The minimum Gasteiger partial charge on any atom is -0.508 e. The van der Waals surface area contributed by atoms with Crippen LogP contribution in [0.1, 0.15) is 30.4 Å². The third-order valence-corrected chi connectivity index (χ3v) is 2.58. The Morgan fingerprint density at radius 2 is 1.67 bits per heavy atom. The predicted octanol–water partition coefficient (Wildman–Crippen LogP) is 2.66. The average Bonchev–Trinajstić information content (AvgIpc) is 2.28. The zero-order chi connectivity index (χ0) is 8.39. The molecule has 0 aromatic heterocycles. The van der Waals surface area contributed by atoms with Crippen LogP contribution >= 0.6 is 0 Å². The fraction of sp³-hybridized carbons (Fsp3) is 0.455. The summed E-state index contributed by atoms with van der Waals surface area (Å²) in [7, 11) is 0. The highest BCUT2D eigenvalue weighted by molar-refractivity contribution is 5.35. The van der Waals surface area contributed by atoms with E-state index in [-0.39, 0.29) is 0 Å². The molecule has 1 aliphatic rings. The molecule has 0 radical (unpaired) electrons. The Morgan fingerprint density at radius 3 is 2.50 bits per heavy atom. The van der Waals surface area contributed by atoms with Crippen molar-refractivity contribution in [3.05, 3.63) is 29.3 Å².